The molecule has 11 nitrogen and oxygen atoms in total. The minimum Gasteiger partial charge on any atom is -0.493 e. The Morgan fingerprint density at radius 2 is 1.57 bits per heavy atom. The van der Waals surface area contributed by atoms with Crippen molar-refractivity contribution >= 4 is 22.8 Å². The summed E-state index contributed by atoms with van der Waals surface area (Å²) in [5.74, 6) is 1.82. The predicted molar refractivity (Wildman–Crippen MR) is 178 cm³/mol. The van der Waals surface area contributed by atoms with E-state index in [1.807, 2.05) is 85.8 Å². The molecule has 0 bridgehead atoms. The van der Waals surface area contributed by atoms with Gasteiger partial charge in [0, 0.05) is 36.3 Å². The third kappa shape index (κ3) is 10.1. The number of methoxy groups -OCH3 is 1. The van der Waals surface area contributed by atoms with Gasteiger partial charge in [0.1, 0.15) is 11.5 Å². The van der Waals surface area contributed by atoms with Gasteiger partial charge in [-0.25, -0.2) is 4.68 Å². The number of rotatable bonds is 14. The highest BCUT2D eigenvalue weighted by Gasteiger charge is 2.12. The topological polar surface area (TPSA) is 145 Å². The molecular weight excluding hydrogens is 600 g/mol. The van der Waals surface area contributed by atoms with Gasteiger partial charge in [-0.15, -0.1) is 0 Å². The molecule has 0 aliphatic carbocycles. The van der Waals surface area contributed by atoms with Crippen molar-refractivity contribution in [3.05, 3.63) is 113 Å². The molecule has 5 aromatic rings. The molecule has 2 heterocycles. The lowest BCUT2D eigenvalue weighted by Gasteiger charge is -2.14. The normalized spacial score (nSPS) is 10.4. The summed E-state index contributed by atoms with van der Waals surface area (Å²) in [6.45, 7) is 2.83. The van der Waals surface area contributed by atoms with E-state index >= 15 is 0 Å². The molecule has 5 rings (SSSR count). The first-order valence-electron chi connectivity index (χ1n) is 15.3. The Morgan fingerprint density at radius 1 is 0.851 bits per heavy atom. The van der Waals surface area contributed by atoms with E-state index in [0.717, 1.165) is 48.0 Å². The second-order valence-electron chi connectivity index (χ2n) is 10.2. The van der Waals surface area contributed by atoms with Crippen molar-refractivity contribution in [2.45, 2.75) is 39.0 Å². The first kappa shape index (κ1) is 34.2. The van der Waals surface area contributed by atoms with Gasteiger partial charge >= 0.3 is 5.97 Å². The van der Waals surface area contributed by atoms with Gasteiger partial charge in [-0.05, 0) is 56.2 Å². The first-order chi connectivity index (χ1) is 22.9. The molecule has 0 saturated heterocycles. The third-order valence-electron chi connectivity index (χ3n) is 6.86. The molecule has 3 aromatic carbocycles. The number of benzene rings is 3. The van der Waals surface area contributed by atoms with Gasteiger partial charge in [0.05, 0.1) is 31.5 Å². The van der Waals surface area contributed by atoms with E-state index in [1.165, 1.54) is 16.9 Å². The fourth-order valence-corrected chi connectivity index (χ4v) is 4.55. The highest BCUT2D eigenvalue weighted by Crippen LogP contribution is 2.37. The molecule has 1 amide bonds. The number of aromatic nitrogens is 3. The number of ether oxygens (including phenoxy) is 4. The molecule has 0 saturated carbocycles. The van der Waals surface area contributed by atoms with E-state index in [0.29, 0.717) is 36.9 Å². The zero-order chi connectivity index (χ0) is 33.4. The van der Waals surface area contributed by atoms with Crippen LogP contribution in [0.4, 0.5) is 0 Å². The summed E-state index contributed by atoms with van der Waals surface area (Å²) in [7, 11) is 1.62. The van der Waals surface area contributed by atoms with Crippen molar-refractivity contribution in [2.75, 3.05) is 20.3 Å². The summed E-state index contributed by atoms with van der Waals surface area (Å²) in [5, 5.41) is 4.73. The van der Waals surface area contributed by atoms with E-state index in [9.17, 15) is 14.4 Å². The summed E-state index contributed by atoms with van der Waals surface area (Å²) in [6.07, 6.45) is 7.39. The number of primary amides is 1. The van der Waals surface area contributed by atoms with Crippen LogP contribution < -0.4 is 25.4 Å². The summed E-state index contributed by atoms with van der Waals surface area (Å²) in [6, 6.07) is 25.7. The smallest absolute Gasteiger partial charge is 0.305 e. The second-order valence-corrected chi connectivity index (χ2v) is 10.2. The molecule has 0 aliphatic heterocycles. The number of carbonyl (C=O) groups excluding carboxylic acids is 2. The summed E-state index contributed by atoms with van der Waals surface area (Å²) in [5.41, 5.74) is 5.85. The van der Waals surface area contributed by atoms with Crippen LogP contribution in [0.2, 0.25) is 0 Å². The van der Waals surface area contributed by atoms with Crippen LogP contribution in [-0.4, -0.2) is 47.0 Å². The van der Waals surface area contributed by atoms with Crippen LogP contribution in [0.15, 0.2) is 102 Å². The maximum atomic E-state index is 11.3. The zero-order valence-corrected chi connectivity index (χ0v) is 26.5. The van der Waals surface area contributed by atoms with Gasteiger partial charge < -0.3 is 24.7 Å². The standard InChI is InChI=1S/C25H29NO5.C11H9N3O2/c1-3-29-25(27)13-9-4-5-10-16-30-24-18-21-20(17-23(24)28-2)22(14-15-26-21)31-19-11-7-6-8-12-19;12-11(16)10-9(15)6-7-14(13-10)8-4-2-1-3-5-8/h6-8,11-12,14-15,17-18H,3-5,9-10,13,16H2,1-2H3;1-7H,(H2,12,16). The van der Waals surface area contributed by atoms with Crippen LogP contribution in [0.3, 0.4) is 0 Å². The fourth-order valence-electron chi connectivity index (χ4n) is 4.55. The maximum absolute atomic E-state index is 11.3. The van der Waals surface area contributed by atoms with Crippen LogP contribution in [0.1, 0.15) is 49.5 Å². The Labute approximate surface area is 272 Å². The molecule has 2 aromatic heterocycles. The molecule has 0 radical (unpaired) electrons. The number of hydrogen-bond donors (Lipinski definition) is 1. The summed E-state index contributed by atoms with van der Waals surface area (Å²) < 4.78 is 23.9. The molecule has 11 heteroatoms. The monoisotopic (exact) mass is 638 g/mol. The number of fused-ring (bicyclic) bond motifs is 1. The number of carbonyl (C=O) groups is 2. The molecular formula is C36H38N4O7. The number of amides is 1. The van der Waals surface area contributed by atoms with Crippen molar-refractivity contribution in [2.24, 2.45) is 5.73 Å². The van der Waals surface area contributed by atoms with Crippen LogP contribution >= 0.6 is 0 Å². The predicted octanol–water partition coefficient (Wildman–Crippen LogP) is 6.26. The Bertz CT molecular complexity index is 1810. The zero-order valence-electron chi connectivity index (χ0n) is 26.5. The van der Waals surface area contributed by atoms with Gasteiger partial charge in [-0.2, -0.15) is 5.10 Å². The van der Waals surface area contributed by atoms with Crippen molar-refractivity contribution < 1.29 is 28.5 Å². The molecule has 0 aliphatic rings. The van der Waals surface area contributed by atoms with E-state index in [-0.39, 0.29) is 11.7 Å². The number of nitrogens with zero attached hydrogens (tertiary/aromatic N) is 3. The lowest BCUT2D eigenvalue weighted by molar-refractivity contribution is -0.143. The fraction of sp³-hybridized carbons (Fsp3) is 0.250. The van der Waals surface area contributed by atoms with Gasteiger partial charge in [0.2, 0.25) is 5.43 Å². The number of hydrogen-bond acceptors (Lipinski definition) is 9. The average molecular weight is 639 g/mol. The van der Waals surface area contributed by atoms with Gasteiger partial charge in [0.25, 0.3) is 5.91 Å². The minimum atomic E-state index is -0.824. The van der Waals surface area contributed by atoms with E-state index in [1.54, 1.807) is 13.3 Å². The molecule has 0 spiro atoms. The molecule has 47 heavy (non-hydrogen) atoms. The molecule has 244 valence electrons. The molecule has 2 N–H and O–H groups in total. The maximum Gasteiger partial charge on any atom is 0.305 e. The molecule has 0 unspecified atom stereocenters. The van der Waals surface area contributed by atoms with Crippen molar-refractivity contribution in [3.63, 3.8) is 0 Å². The number of unbranched alkanes of at least 4 members (excludes halogenated alkanes) is 3. The van der Waals surface area contributed by atoms with E-state index < -0.39 is 11.3 Å². The quantitative estimate of drug-likeness (QED) is 0.110. The van der Waals surface area contributed by atoms with Crippen molar-refractivity contribution in [1.29, 1.82) is 0 Å². The van der Waals surface area contributed by atoms with Gasteiger partial charge in [-0.1, -0.05) is 49.2 Å². The Balaban J connectivity index is 0.000000261. The SMILES string of the molecule is CCOC(=O)CCCCCCOc1cc2nccc(Oc3ccccc3)c2cc1OC.NC(=O)c1nn(-c2ccccc2)ccc1=O. The lowest BCUT2D eigenvalue weighted by Crippen LogP contribution is -2.25. The van der Waals surface area contributed by atoms with Gasteiger partial charge in [-0.3, -0.25) is 19.4 Å². The summed E-state index contributed by atoms with van der Waals surface area (Å²) >= 11 is 0. The van der Waals surface area contributed by atoms with Crippen LogP contribution in [0, 0.1) is 0 Å². The Morgan fingerprint density at radius 3 is 2.28 bits per heavy atom. The molecule has 0 atom stereocenters. The number of esters is 1. The number of nitrogens with two attached hydrogens (primary N) is 1. The van der Waals surface area contributed by atoms with Crippen LogP contribution in [-0.2, 0) is 9.53 Å². The van der Waals surface area contributed by atoms with Crippen LogP contribution in [0.5, 0.6) is 23.0 Å². The van der Waals surface area contributed by atoms with Gasteiger partial charge in [0.15, 0.2) is 17.2 Å². The molecule has 0 fully saturated rings. The Hall–Kier alpha value is -5.71. The number of pyridine rings is 1. The van der Waals surface area contributed by atoms with Crippen LogP contribution in [0.25, 0.3) is 16.6 Å². The van der Waals surface area contributed by atoms with E-state index in [2.05, 4.69) is 10.1 Å². The summed E-state index contributed by atoms with van der Waals surface area (Å²) in [4.78, 5) is 38.0. The largest absolute Gasteiger partial charge is 0.493 e. The van der Waals surface area contributed by atoms with Crippen molar-refractivity contribution in [1.82, 2.24) is 14.8 Å². The third-order valence-corrected chi connectivity index (χ3v) is 6.86. The highest BCUT2D eigenvalue weighted by atomic mass is 16.5. The minimum absolute atomic E-state index is 0.122. The average Bonchev–Trinajstić information content (AvgIpc) is 3.09. The van der Waals surface area contributed by atoms with Crippen molar-refractivity contribution in [3.8, 4) is 28.7 Å². The first-order valence-corrected chi connectivity index (χ1v) is 15.3. The van der Waals surface area contributed by atoms with E-state index in [4.69, 9.17) is 24.7 Å². The number of para-hydroxylation sites is 2. The highest BCUT2D eigenvalue weighted by molar-refractivity contribution is 5.90. The lowest BCUT2D eigenvalue weighted by atomic mass is 10.1. The second kappa shape index (κ2) is 17.7. The Kier molecular flexibility index (Phi) is 12.9.